The maximum Gasteiger partial charge on any atom is 0.416 e. The average Bonchev–Trinajstić information content (AvgIpc) is 2.89. The third-order valence-electron chi connectivity index (χ3n) is 6.83. The van der Waals surface area contributed by atoms with Gasteiger partial charge in [0.2, 0.25) is 5.91 Å². The fourth-order valence-corrected chi connectivity index (χ4v) is 4.75. The highest BCUT2D eigenvalue weighted by molar-refractivity contribution is 5.78. The van der Waals surface area contributed by atoms with E-state index in [1.807, 2.05) is 61.5 Å². The maximum absolute atomic E-state index is 13.3. The summed E-state index contributed by atoms with van der Waals surface area (Å²) in [5.41, 5.74) is 9.98. The SMILES string of the molecule is CN(C)c1cc2c(c(-c3ccc(C(F)(F)F)cc3)c1)CCN(C(=O)N[C@@H](CCC(N)=O)c1ccccc1)C2. The average molecular weight is 525 g/mol. The first-order valence-electron chi connectivity index (χ1n) is 12.4. The smallest absolute Gasteiger partial charge is 0.378 e. The summed E-state index contributed by atoms with van der Waals surface area (Å²) in [6, 6.07) is 18.0. The molecule has 0 saturated heterocycles. The first kappa shape index (κ1) is 27.0. The highest BCUT2D eigenvalue weighted by Gasteiger charge is 2.30. The van der Waals surface area contributed by atoms with E-state index in [0.29, 0.717) is 31.5 Å². The molecule has 6 nitrogen and oxygen atoms in total. The lowest BCUT2D eigenvalue weighted by atomic mass is 9.89. The Labute approximate surface area is 220 Å². The molecule has 38 heavy (non-hydrogen) atoms. The van der Waals surface area contributed by atoms with Crippen LogP contribution in [0.2, 0.25) is 0 Å². The number of halogens is 3. The van der Waals surface area contributed by atoms with Crippen LogP contribution in [-0.2, 0) is 23.9 Å². The molecule has 1 aliphatic rings. The highest BCUT2D eigenvalue weighted by Crippen LogP contribution is 2.36. The van der Waals surface area contributed by atoms with E-state index >= 15 is 0 Å². The number of anilines is 1. The van der Waals surface area contributed by atoms with Gasteiger partial charge in [-0.3, -0.25) is 4.79 Å². The van der Waals surface area contributed by atoms with Crippen molar-refractivity contribution in [3.8, 4) is 11.1 Å². The van der Waals surface area contributed by atoms with E-state index in [1.165, 1.54) is 12.1 Å². The molecule has 0 radical (unpaired) electrons. The molecule has 3 amide bonds. The van der Waals surface area contributed by atoms with Crippen LogP contribution in [0.1, 0.15) is 41.1 Å². The van der Waals surface area contributed by atoms with Crippen LogP contribution in [0.4, 0.5) is 23.7 Å². The third-order valence-corrected chi connectivity index (χ3v) is 6.83. The van der Waals surface area contributed by atoms with E-state index in [2.05, 4.69) is 5.32 Å². The van der Waals surface area contributed by atoms with Gasteiger partial charge < -0.3 is 20.9 Å². The zero-order chi connectivity index (χ0) is 27.4. The Kier molecular flexibility index (Phi) is 7.94. The van der Waals surface area contributed by atoms with Crippen LogP contribution in [0.15, 0.2) is 66.7 Å². The predicted molar refractivity (Wildman–Crippen MR) is 141 cm³/mol. The van der Waals surface area contributed by atoms with Crippen molar-refractivity contribution in [1.82, 2.24) is 10.2 Å². The Balaban J connectivity index is 1.59. The van der Waals surface area contributed by atoms with Gasteiger partial charge in [0, 0.05) is 39.3 Å². The summed E-state index contributed by atoms with van der Waals surface area (Å²) >= 11 is 0. The minimum atomic E-state index is -4.40. The first-order valence-corrected chi connectivity index (χ1v) is 12.4. The molecule has 0 unspecified atom stereocenters. The van der Waals surface area contributed by atoms with Crippen LogP contribution in [0.3, 0.4) is 0 Å². The van der Waals surface area contributed by atoms with Gasteiger partial charge in [-0.15, -0.1) is 0 Å². The predicted octanol–water partition coefficient (Wildman–Crippen LogP) is 5.51. The second kappa shape index (κ2) is 11.2. The van der Waals surface area contributed by atoms with E-state index in [0.717, 1.165) is 40.1 Å². The number of hydrogen-bond donors (Lipinski definition) is 2. The number of nitrogens with two attached hydrogens (primary N) is 1. The number of rotatable bonds is 7. The summed E-state index contributed by atoms with van der Waals surface area (Å²) in [7, 11) is 3.80. The van der Waals surface area contributed by atoms with Gasteiger partial charge in [-0.1, -0.05) is 42.5 Å². The molecule has 3 aromatic rings. The molecule has 1 aliphatic heterocycles. The van der Waals surface area contributed by atoms with Crippen molar-refractivity contribution < 1.29 is 22.8 Å². The van der Waals surface area contributed by atoms with Gasteiger partial charge in [0.25, 0.3) is 0 Å². The van der Waals surface area contributed by atoms with E-state index in [4.69, 9.17) is 5.73 Å². The topological polar surface area (TPSA) is 78.7 Å². The molecule has 3 aromatic carbocycles. The number of fused-ring (bicyclic) bond motifs is 1. The first-order chi connectivity index (χ1) is 18.0. The molecule has 0 fully saturated rings. The number of nitrogens with one attached hydrogen (secondary N) is 1. The van der Waals surface area contributed by atoms with Crippen LogP contribution in [0.25, 0.3) is 11.1 Å². The molecule has 1 atom stereocenters. The molecule has 0 bridgehead atoms. The number of benzene rings is 3. The van der Waals surface area contributed by atoms with Crippen molar-refractivity contribution in [2.24, 2.45) is 5.73 Å². The summed E-state index contributed by atoms with van der Waals surface area (Å²) in [6.45, 7) is 0.804. The maximum atomic E-state index is 13.3. The molecule has 1 heterocycles. The third kappa shape index (κ3) is 6.27. The quantitative estimate of drug-likeness (QED) is 0.428. The van der Waals surface area contributed by atoms with Crippen molar-refractivity contribution in [2.75, 3.05) is 25.5 Å². The fourth-order valence-electron chi connectivity index (χ4n) is 4.75. The van der Waals surface area contributed by atoms with Gasteiger partial charge >= 0.3 is 12.2 Å². The summed E-state index contributed by atoms with van der Waals surface area (Å²) in [5, 5.41) is 3.06. The van der Waals surface area contributed by atoms with Crippen LogP contribution < -0.4 is 16.0 Å². The Hall–Kier alpha value is -4.01. The number of alkyl halides is 3. The second-order valence-corrected chi connectivity index (χ2v) is 9.69. The Bertz CT molecular complexity index is 1290. The Morgan fingerprint density at radius 3 is 2.34 bits per heavy atom. The zero-order valence-corrected chi connectivity index (χ0v) is 21.4. The van der Waals surface area contributed by atoms with Crippen LogP contribution in [0.5, 0.6) is 0 Å². The number of hydrogen-bond acceptors (Lipinski definition) is 3. The van der Waals surface area contributed by atoms with E-state index in [-0.39, 0.29) is 18.5 Å². The van der Waals surface area contributed by atoms with Crippen molar-refractivity contribution in [3.63, 3.8) is 0 Å². The summed E-state index contributed by atoms with van der Waals surface area (Å²) in [6.07, 6.45) is -3.31. The highest BCUT2D eigenvalue weighted by atomic mass is 19.4. The van der Waals surface area contributed by atoms with E-state index < -0.39 is 17.6 Å². The van der Waals surface area contributed by atoms with Gasteiger partial charge in [0.15, 0.2) is 0 Å². The number of urea groups is 1. The molecule has 9 heteroatoms. The lowest BCUT2D eigenvalue weighted by Gasteiger charge is -2.33. The van der Waals surface area contributed by atoms with Gasteiger partial charge in [-0.25, -0.2) is 4.79 Å². The van der Waals surface area contributed by atoms with Crippen LogP contribution in [0, 0.1) is 0 Å². The lowest BCUT2D eigenvalue weighted by molar-refractivity contribution is -0.137. The summed E-state index contributed by atoms with van der Waals surface area (Å²) in [4.78, 5) is 28.4. The number of carbonyl (C=O) groups is 2. The van der Waals surface area contributed by atoms with Gasteiger partial charge in [0.05, 0.1) is 11.6 Å². The van der Waals surface area contributed by atoms with Crippen molar-refractivity contribution >= 4 is 17.6 Å². The molecule has 0 aliphatic carbocycles. The van der Waals surface area contributed by atoms with Crippen molar-refractivity contribution in [1.29, 1.82) is 0 Å². The fraction of sp³-hybridized carbons (Fsp3) is 0.310. The molecule has 3 N–H and O–H groups in total. The van der Waals surface area contributed by atoms with Crippen LogP contribution in [-0.4, -0.2) is 37.5 Å². The molecule has 0 saturated carbocycles. The van der Waals surface area contributed by atoms with E-state index in [9.17, 15) is 22.8 Å². The molecule has 4 rings (SSSR count). The Morgan fingerprint density at radius 2 is 1.74 bits per heavy atom. The minimum absolute atomic E-state index is 0.144. The molecular formula is C29H31F3N4O2. The van der Waals surface area contributed by atoms with Gasteiger partial charge in [0.1, 0.15) is 0 Å². The number of primary amides is 1. The monoisotopic (exact) mass is 524 g/mol. The van der Waals surface area contributed by atoms with E-state index in [1.54, 1.807) is 4.90 Å². The largest absolute Gasteiger partial charge is 0.416 e. The molecule has 0 spiro atoms. The molecule has 200 valence electrons. The number of carbonyl (C=O) groups excluding carboxylic acids is 2. The number of amides is 3. The molecular weight excluding hydrogens is 493 g/mol. The van der Waals surface area contributed by atoms with Gasteiger partial charge in [-0.05, 0) is 64.9 Å². The minimum Gasteiger partial charge on any atom is -0.378 e. The number of nitrogens with zero attached hydrogens (tertiary/aromatic N) is 2. The summed E-state index contributed by atoms with van der Waals surface area (Å²) < 4.78 is 39.3. The van der Waals surface area contributed by atoms with Gasteiger partial charge in [-0.2, -0.15) is 13.2 Å². The van der Waals surface area contributed by atoms with Crippen LogP contribution >= 0.6 is 0 Å². The zero-order valence-electron chi connectivity index (χ0n) is 21.4. The normalized spacial score (nSPS) is 14.0. The van der Waals surface area contributed by atoms with Crippen molar-refractivity contribution in [3.05, 3.63) is 89.0 Å². The lowest BCUT2D eigenvalue weighted by Crippen LogP contribution is -2.44. The molecule has 0 aromatic heterocycles. The van der Waals surface area contributed by atoms with Crippen molar-refractivity contribution in [2.45, 2.75) is 38.0 Å². The second-order valence-electron chi connectivity index (χ2n) is 9.69. The Morgan fingerprint density at radius 1 is 1.05 bits per heavy atom. The standard InChI is InChI=1S/C29H31F3N4O2/c1-35(2)23-16-21-18-36(28(38)34-26(12-13-27(33)37)20-6-4-3-5-7-20)15-14-24(21)25(17-23)19-8-10-22(11-9-19)29(30,31)32/h3-11,16-17,26H,12-15,18H2,1-2H3,(H2,33,37)(H,34,38)/t26-/m0/s1. The summed E-state index contributed by atoms with van der Waals surface area (Å²) in [5.74, 6) is -0.431.